The lowest BCUT2D eigenvalue weighted by molar-refractivity contribution is -0.122. The number of nitrogens with zero attached hydrogens (tertiary/aromatic N) is 1. The first-order valence-corrected chi connectivity index (χ1v) is 7.75. The molecule has 1 atom stereocenters. The first-order chi connectivity index (χ1) is 10.2. The zero-order valence-electron chi connectivity index (χ0n) is 11.4. The Labute approximate surface area is 125 Å². The lowest BCUT2D eigenvalue weighted by atomic mass is 10.1. The molecule has 7 heteroatoms. The Kier molecular flexibility index (Phi) is 4.01. The van der Waals surface area contributed by atoms with E-state index in [0.29, 0.717) is 18.1 Å². The average Bonchev–Trinajstić information content (AvgIpc) is 2.76. The summed E-state index contributed by atoms with van der Waals surface area (Å²) >= 11 is 1.41. The minimum atomic E-state index is -0.470. The molecule has 2 aromatic rings. The fraction of sp³-hybridized carbons (Fsp3) is 0.357. The third-order valence-electron chi connectivity index (χ3n) is 3.35. The monoisotopic (exact) mass is 304 g/mol. The molecule has 110 valence electrons. The molecule has 1 aliphatic heterocycles. The molecule has 3 amide bonds. The zero-order chi connectivity index (χ0) is 14.7. The van der Waals surface area contributed by atoms with Crippen LogP contribution in [-0.4, -0.2) is 29.5 Å². The highest BCUT2D eigenvalue weighted by atomic mass is 32.1. The van der Waals surface area contributed by atoms with Crippen molar-refractivity contribution in [3.63, 3.8) is 0 Å². The lowest BCUT2D eigenvalue weighted by Crippen LogP contribution is -2.46. The van der Waals surface area contributed by atoms with Gasteiger partial charge in [0.15, 0.2) is 5.13 Å². The number of benzene rings is 1. The molecule has 2 heterocycles. The van der Waals surface area contributed by atoms with Crippen LogP contribution < -0.4 is 16.0 Å². The van der Waals surface area contributed by atoms with Crippen molar-refractivity contribution in [2.45, 2.75) is 25.3 Å². The molecule has 1 aromatic carbocycles. The quantitative estimate of drug-likeness (QED) is 0.794. The standard InChI is InChI=1S/C14H16N4O2S/c19-12-10(6-3-4-8-15-12)16-13(20)18-14-17-9-5-1-2-7-11(9)21-14/h1-2,5,7,10H,3-4,6,8H2,(H,15,19)(H2,16,17,18,20)/t10-/m1/s1. The first-order valence-electron chi connectivity index (χ1n) is 6.93. The van der Waals surface area contributed by atoms with Gasteiger partial charge in [-0.05, 0) is 31.4 Å². The Morgan fingerprint density at radius 1 is 1.33 bits per heavy atom. The fourth-order valence-corrected chi connectivity index (χ4v) is 3.16. The molecule has 1 fully saturated rings. The van der Waals surface area contributed by atoms with Gasteiger partial charge in [-0.1, -0.05) is 23.5 Å². The van der Waals surface area contributed by atoms with Crippen molar-refractivity contribution in [2.24, 2.45) is 0 Å². The largest absolute Gasteiger partial charge is 0.354 e. The van der Waals surface area contributed by atoms with Crippen LogP contribution in [0.3, 0.4) is 0 Å². The van der Waals surface area contributed by atoms with Crippen LogP contribution in [0, 0.1) is 0 Å². The number of para-hydroxylation sites is 1. The zero-order valence-corrected chi connectivity index (χ0v) is 12.2. The Balaban J connectivity index is 1.64. The second-order valence-corrected chi connectivity index (χ2v) is 5.96. The predicted molar refractivity (Wildman–Crippen MR) is 82.4 cm³/mol. The van der Waals surface area contributed by atoms with Crippen molar-refractivity contribution < 1.29 is 9.59 Å². The van der Waals surface area contributed by atoms with E-state index in [2.05, 4.69) is 20.9 Å². The number of carbonyl (C=O) groups is 2. The van der Waals surface area contributed by atoms with Gasteiger partial charge in [-0.25, -0.2) is 9.78 Å². The normalized spacial score (nSPS) is 18.9. The summed E-state index contributed by atoms with van der Waals surface area (Å²) in [5, 5.41) is 8.72. The molecule has 1 aromatic heterocycles. The molecule has 0 bridgehead atoms. The van der Waals surface area contributed by atoms with E-state index < -0.39 is 12.1 Å². The summed E-state index contributed by atoms with van der Waals surface area (Å²) in [7, 11) is 0. The molecule has 0 radical (unpaired) electrons. The molecule has 3 N–H and O–H groups in total. The van der Waals surface area contributed by atoms with E-state index in [1.165, 1.54) is 11.3 Å². The Bertz CT molecular complexity index is 637. The summed E-state index contributed by atoms with van der Waals surface area (Å²) in [6, 6.07) is 6.82. The second kappa shape index (κ2) is 6.09. The highest BCUT2D eigenvalue weighted by molar-refractivity contribution is 7.22. The van der Waals surface area contributed by atoms with Crippen LogP contribution >= 0.6 is 11.3 Å². The number of fused-ring (bicyclic) bond motifs is 1. The Hall–Kier alpha value is -2.15. The average molecular weight is 304 g/mol. The predicted octanol–water partition coefficient (Wildman–Crippen LogP) is 2.09. The van der Waals surface area contributed by atoms with Gasteiger partial charge in [-0.2, -0.15) is 0 Å². The second-order valence-electron chi connectivity index (χ2n) is 4.92. The molecule has 6 nitrogen and oxygen atoms in total. The Morgan fingerprint density at radius 3 is 3.05 bits per heavy atom. The lowest BCUT2D eigenvalue weighted by Gasteiger charge is -2.14. The van der Waals surface area contributed by atoms with Crippen LogP contribution in [0.4, 0.5) is 9.93 Å². The van der Waals surface area contributed by atoms with Gasteiger partial charge in [0.2, 0.25) is 5.91 Å². The van der Waals surface area contributed by atoms with Crippen molar-refractivity contribution in [2.75, 3.05) is 11.9 Å². The van der Waals surface area contributed by atoms with Crippen molar-refractivity contribution in [3.05, 3.63) is 24.3 Å². The Morgan fingerprint density at radius 2 is 2.19 bits per heavy atom. The minimum Gasteiger partial charge on any atom is -0.354 e. The molecule has 21 heavy (non-hydrogen) atoms. The van der Waals surface area contributed by atoms with E-state index in [-0.39, 0.29) is 5.91 Å². The summed E-state index contributed by atoms with van der Waals surface area (Å²) < 4.78 is 1.01. The van der Waals surface area contributed by atoms with Crippen molar-refractivity contribution in [1.29, 1.82) is 0 Å². The van der Waals surface area contributed by atoms with Gasteiger partial charge in [0.1, 0.15) is 6.04 Å². The van der Waals surface area contributed by atoms with Gasteiger partial charge < -0.3 is 10.6 Å². The van der Waals surface area contributed by atoms with E-state index in [9.17, 15) is 9.59 Å². The van der Waals surface area contributed by atoms with E-state index >= 15 is 0 Å². The highest BCUT2D eigenvalue weighted by Gasteiger charge is 2.22. The van der Waals surface area contributed by atoms with E-state index in [0.717, 1.165) is 23.1 Å². The number of hydrogen-bond acceptors (Lipinski definition) is 4. The number of aromatic nitrogens is 1. The maximum atomic E-state index is 12.0. The summed E-state index contributed by atoms with van der Waals surface area (Å²) in [6.45, 7) is 0.677. The topological polar surface area (TPSA) is 83.1 Å². The maximum Gasteiger partial charge on any atom is 0.321 e. The van der Waals surface area contributed by atoms with Gasteiger partial charge >= 0.3 is 6.03 Å². The summed E-state index contributed by atoms with van der Waals surface area (Å²) in [5.41, 5.74) is 0.852. The van der Waals surface area contributed by atoms with Crippen LogP contribution in [0.15, 0.2) is 24.3 Å². The van der Waals surface area contributed by atoms with Crippen LogP contribution in [0.1, 0.15) is 19.3 Å². The smallest absolute Gasteiger partial charge is 0.321 e. The molecule has 0 unspecified atom stereocenters. The number of carbonyl (C=O) groups excluding carboxylic acids is 2. The molecule has 0 aliphatic carbocycles. The molecule has 3 rings (SSSR count). The molecule has 0 spiro atoms. The first kappa shape index (κ1) is 13.8. The molecular weight excluding hydrogens is 288 g/mol. The number of thiazole rings is 1. The van der Waals surface area contributed by atoms with Gasteiger partial charge in [0, 0.05) is 6.54 Å². The van der Waals surface area contributed by atoms with Crippen LogP contribution in [-0.2, 0) is 4.79 Å². The molecule has 1 saturated heterocycles. The highest BCUT2D eigenvalue weighted by Crippen LogP contribution is 2.25. The van der Waals surface area contributed by atoms with Gasteiger partial charge in [0.25, 0.3) is 0 Å². The summed E-state index contributed by atoms with van der Waals surface area (Å²) in [5.74, 6) is -0.119. The van der Waals surface area contributed by atoms with Crippen molar-refractivity contribution >= 4 is 38.6 Å². The molecule has 1 aliphatic rings. The number of rotatable bonds is 2. The third kappa shape index (κ3) is 3.30. The third-order valence-corrected chi connectivity index (χ3v) is 4.31. The summed E-state index contributed by atoms with van der Waals surface area (Å²) in [4.78, 5) is 28.1. The van der Waals surface area contributed by atoms with E-state index in [1.54, 1.807) is 0 Å². The maximum absolute atomic E-state index is 12.0. The number of nitrogens with one attached hydrogen (secondary N) is 3. The van der Waals surface area contributed by atoms with Crippen LogP contribution in [0.2, 0.25) is 0 Å². The SMILES string of the molecule is O=C(Nc1nc2ccccc2s1)N[C@@H]1CCCCNC1=O. The number of hydrogen-bond donors (Lipinski definition) is 3. The number of urea groups is 1. The summed E-state index contributed by atoms with van der Waals surface area (Å²) in [6.07, 6.45) is 2.54. The van der Waals surface area contributed by atoms with Crippen LogP contribution in [0.5, 0.6) is 0 Å². The van der Waals surface area contributed by atoms with Gasteiger partial charge in [-0.15, -0.1) is 0 Å². The number of anilines is 1. The molecular formula is C14H16N4O2S. The number of amides is 3. The van der Waals surface area contributed by atoms with Gasteiger partial charge in [-0.3, -0.25) is 10.1 Å². The van der Waals surface area contributed by atoms with E-state index in [1.807, 2.05) is 24.3 Å². The van der Waals surface area contributed by atoms with E-state index in [4.69, 9.17) is 0 Å². The van der Waals surface area contributed by atoms with Crippen molar-refractivity contribution in [3.8, 4) is 0 Å². The minimum absolute atomic E-state index is 0.119. The fourth-order valence-electron chi connectivity index (χ4n) is 2.29. The molecule has 0 saturated carbocycles. The van der Waals surface area contributed by atoms with Crippen LogP contribution in [0.25, 0.3) is 10.2 Å². The van der Waals surface area contributed by atoms with Crippen molar-refractivity contribution in [1.82, 2.24) is 15.6 Å². The van der Waals surface area contributed by atoms with Gasteiger partial charge in [0.05, 0.1) is 10.2 Å².